The average molecular weight is 366 g/mol. The Hall–Kier alpha value is -3.10. The minimum Gasteiger partial charge on any atom is -0.305 e. The van der Waals surface area contributed by atoms with Crippen LogP contribution in [0.5, 0.6) is 0 Å². The molecule has 3 rings (SSSR count). The Morgan fingerprint density at radius 3 is 2.65 bits per heavy atom. The number of carbonyl (C=O) groups excluding carboxylic acids is 1. The second-order valence-corrected chi connectivity index (χ2v) is 5.61. The molecular formula is C17H14F4N4O. The Labute approximate surface area is 146 Å². The van der Waals surface area contributed by atoms with E-state index in [2.05, 4.69) is 10.4 Å². The molecule has 136 valence electrons. The van der Waals surface area contributed by atoms with Crippen LogP contribution in [-0.4, -0.2) is 27.3 Å². The number of halogens is 4. The van der Waals surface area contributed by atoms with Crippen molar-refractivity contribution in [2.45, 2.75) is 6.18 Å². The number of nitrogens with zero attached hydrogens (tertiary/aromatic N) is 3. The van der Waals surface area contributed by atoms with E-state index in [9.17, 15) is 22.4 Å². The molecule has 1 N–H and O–H groups in total. The summed E-state index contributed by atoms with van der Waals surface area (Å²) in [6.07, 6.45) is 0.0355. The van der Waals surface area contributed by atoms with E-state index in [1.54, 1.807) is 12.1 Å². The zero-order chi connectivity index (χ0) is 18.9. The molecule has 0 saturated heterocycles. The van der Waals surface area contributed by atoms with Crippen molar-refractivity contribution < 1.29 is 22.4 Å². The zero-order valence-electron chi connectivity index (χ0n) is 13.6. The molecule has 0 radical (unpaired) electrons. The van der Waals surface area contributed by atoms with Gasteiger partial charge >= 0.3 is 12.2 Å². The number of anilines is 1. The van der Waals surface area contributed by atoms with Gasteiger partial charge in [0.05, 0.1) is 17.9 Å². The lowest BCUT2D eigenvalue weighted by Gasteiger charge is -2.23. The van der Waals surface area contributed by atoms with Gasteiger partial charge in [-0.2, -0.15) is 18.3 Å². The van der Waals surface area contributed by atoms with Crippen LogP contribution >= 0.6 is 0 Å². The van der Waals surface area contributed by atoms with Crippen LogP contribution in [0.3, 0.4) is 0 Å². The number of amides is 2. The van der Waals surface area contributed by atoms with Crippen LogP contribution in [0.4, 0.5) is 28.0 Å². The molecule has 2 aromatic rings. The lowest BCUT2D eigenvalue weighted by molar-refractivity contribution is -0.141. The lowest BCUT2D eigenvalue weighted by atomic mass is 10.1. The van der Waals surface area contributed by atoms with Crippen molar-refractivity contribution in [2.75, 3.05) is 11.9 Å². The van der Waals surface area contributed by atoms with E-state index in [1.807, 2.05) is 0 Å². The third-order valence-electron chi connectivity index (χ3n) is 3.78. The molecule has 2 amide bonds. The van der Waals surface area contributed by atoms with E-state index in [1.165, 1.54) is 42.4 Å². The van der Waals surface area contributed by atoms with Crippen LogP contribution in [0, 0.1) is 5.82 Å². The first kappa shape index (κ1) is 17.7. The summed E-state index contributed by atoms with van der Waals surface area (Å²) in [4.78, 5) is 13.6. The molecule has 0 aliphatic carbocycles. The maximum absolute atomic E-state index is 13.6. The van der Waals surface area contributed by atoms with E-state index >= 15 is 0 Å². The van der Waals surface area contributed by atoms with Gasteiger partial charge in [0, 0.05) is 13.2 Å². The number of rotatable bonds is 2. The number of urea groups is 1. The number of hydrogen-bond acceptors (Lipinski definition) is 2. The zero-order valence-corrected chi connectivity index (χ0v) is 13.6. The van der Waals surface area contributed by atoms with Crippen molar-refractivity contribution in [2.24, 2.45) is 7.05 Å². The van der Waals surface area contributed by atoms with Crippen LogP contribution in [0.2, 0.25) is 0 Å². The highest BCUT2D eigenvalue weighted by Gasteiger charge is 2.35. The van der Waals surface area contributed by atoms with Gasteiger partial charge in [0.25, 0.3) is 0 Å². The number of benzene rings is 1. The first-order chi connectivity index (χ1) is 12.3. The summed E-state index contributed by atoms with van der Waals surface area (Å²) < 4.78 is 53.2. The number of para-hydroxylation sites is 1. The van der Waals surface area contributed by atoms with E-state index < -0.39 is 23.7 Å². The molecule has 1 aromatic carbocycles. The molecule has 0 saturated carbocycles. The average Bonchev–Trinajstić information content (AvgIpc) is 2.99. The van der Waals surface area contributed by atoms with Crippen molar-refractivity contribution in [1.29, 1.82) is 0 Å². The molecule has 0 fully saturated rings. The minimum atomic E-state index is -4.55. The molecule has 26 heavy (non-hydrogen) atoms. The molecule has 9 heteroatoms. The van der Waals surface area contributed by atoms with Crippen LogP contribution in [0.1, 0.15) is 11.4 Å². The maximum atomic E-state index is 13.6. The number of nitrogens with one attached hydrogen (secondary N) is 1. The Bertz CT molecular complexity index is 898. The fourth-order valence-corrected chi connectivity index (χ4v) is 2.51. The topological polar surface area (TPSA) is 50.2 Å². The second-order valence-electron chi connectivity index (χ2n) is 5.61. The molecule has 0 bridgehead atoms. The highest BCUT2D eigenvalue weighted by molar-refractivity contribution is 5.91. The summed E-state index contributed by atoms with van der Waals surface area (Å²) in [6, 6.07) is 6.01. The fraction of sp³-hybridized carbons (Fsp3) is 0.176. The molecule has 5 nitrogen and oxygen atoms in total. The summed E-state index contributed by atoms with van der Waals surface area (Å²) in [5, 5.41) is 5.89. The molecule has 2 heterocycles. The normalized spacial score (nSPS) is 14.3. The molecule has 1 aromatic heterocycles. The van der Waals surface area contributed by atoms with Gasteiger partial charge < -0.3 is 5.32 Å². The fourth-order valence-electron chi connectivity index (χ4n) is 2.51. The summed E-state index contributed by atoms with van der Waals surface area (Å²) >= 11 is 0. The monoisotopic (exact) mass is 366 g/mol. The van der Waals surface area contributed by atoms with E-state index in [4.69, 9.17) is 0 Å². The van der Waals surface area contributed by atoms with Crippen molar-refractivity contribution in [3.63, 3.8) is 0 Å². The highest BCUT2D eigenvalue weighted by Crippen LogP contribution is 2.31. The van der Waals surface area contributed by atoms with Gasteiger partial charge in [0.1, 0.15) is 5.82 Å². The van der Waals surface area contributed by atoms with Gasteiger partial charge in [0.15, 0.2) is 5.69 Å². The number of alkyl halides is 3. The quantitative estimate of drug-likeness (QED) is 0.816. The Kier molecular flexibility index (Phi) is 4.54. The lowest BCUT2D eigenvalue weighted by Crippen LogP contribution is -2.33. The third-order valence-corrected chi connectivity index (χ3v) is 3.78. The highest BCUT2D eigenvalue weighted by atomic mass is 19.4. The third kappa shape index (κ3) is 3.61. The summed E-state index contributed by atoms with van der Waals surface area (Å²) in [7, 11) is 1.40. The van der Waals surface area contributed by atoms with E-state index in [0.29, 0.717) is 5.57 Å². The van der Waals surface area contributed by atoms with Crippen molar-refractivity contribution >= 4 is 17.3 Å². The van der Waals surface area contributed by atoms with Gasteiger partial charge in [-0.1, -0.05) is 18.2 Å². The van der Waals surface area contributed by atoms with Gasteiger partial charge in [-0.05, 0) is 29.8 Å². The van der Waals surface area contributed by atoms with Crippen molar-refractivity contribution in [1.82, 2.24) is 14.7 Å². The number of allylic oxidation sites excluding steroid dienone is 2. The molecule has 1 aliphatic heterocycles. The molecule has 1 aliphatic rings. The SMILES string of the molecule is Cn1nc(C(F)(F)F)cc1C1=CC=CN(C(=O)Nc2ccccc2F)C1. The molecule has 0 unspecified atom stereocenters. The van der Waals surface area contributed by atoms with Crippen LogP contribution in [0.15, 0.2) is 48.7 Å². The van der Waals surface area contributed by atoms with Gasteiger partial charge in [-0.3, -0.25) is 9.58 Å². The smallest absolute Gasteiger partial charge is 0.305 e. The Morgan fingerprint density at radius 2 is 2.00 bits per heavy atom. The number of aromatic nitrogens is 2. The van der Waals surface area contributed by atoms with Gasteiger partial charge in [0.2, 0.25) is 0 Å². The standard InChI is InChI=1S/C17H14F4N4O/c1-24-14(9-15(23-24)17(19,20)21)11-5-4-8-25(10-11)16(26)22-13-7-3-2-6-12(13)18/h2-9H,10H2,1H3,(H,22,26). The molecular weight excluding hydrogens is 352 g/mol. The van der Waals surface area contributed by atoms with Crippen LogP contribution in [0.25, 0.3) is 5.57 Å². The Balaban J connectivity index is 1.77. The van der Waals surface area contributed by atoms with Crippen LogP contribution < -0.4 is 5.32 Å². The number of hydrogen-bond donors (Lipinski definition) is 1. The summed E-state index contributed by atoms with van der Waals surface area (Å²) in [5.41, 5.74) is -0.276. The predicted molar refractivity (Wildman–Crippen MR) is 87.5 cm³/mol. The molecule has 0 spiro atoms. The molecule has 0 atom stereocenters. The van der Waals surface area contributed by atoms with Gasteiger partial charge in [-0.25, -0.2) is 9.18 Å². The van der Waals surface area contributed by atoms with E-state index in [0.717, 1.165) is 10.7 Å². The predicted octanol–water partition coefficient (Wildman–Crippen LogP) is 4.02. The number of aryl methyl sites for hydroxylation is 1. The second kappa shape index (κ2) is 6.66. The largest absolute Gasteiger partial charge is 0.435 e. The summed E-state index contributed by atoms with van der Waals surface area (Å²) in [5.74, 6) is -0.584. The van der Waals surface area contributed by atoms with Crippen LogP contribution in [-0.2, 0) is 13.2 Å². The first-order valence-corrected chi connectivity index (χ1v) is 7.57. The van der Waals surface area contributed by atoms with Crippen molar-refractivity contribution in [3.05, 3.63) is 65.9 Å². The van der Waals surface area contributed by atoms with Gasteiger partial charge in [-0.15, -0.1) is 0 Å². The maximum Gasteiger partial charge on any atom is 0.435 e. The first-order valence-electron chi connectivity index (χ1n) is 7.57. The van der Waals surface area contributed by atoms with E-state index in [-0.39, 0.29) is 17.9 Å². The Morgan fingerprint density at radius 1 is 1.27 bits per heavy atom. The summed E-state index contributed by atoms with van der Waals surface area (Å²) in [6.45, 7) is 0.0214. The minimum absolute atomic E-state index is 0.0156. The van der Waals surface area contributed by atoms with Crippen molar-refractivity contribution in [3.8, 4) is 0 Å². The number of carbonyl (C=O) groups is 1.